The summed E-state index contributed by atoms with van der Waals surface area (Å²) in [7, 11) is 0. The molecule has 0 saturated carbocycles. The zero-order valence-corrected chi connectivity index (χ0v) is 9.61. The standard InChI is InChI=1S/C10H12BrCl/c1-7-4-3-5-8(2)10(12)9(11)6-7/h3-4,6,8H,5H2,1-2H3/b4-3?,7-6?,10-9-. The lowest BCUT2D eigenvalue weighted by Gasteiger charge is -2.11. The Morgan fingerprint density at radius 1 is 1.58 bits per heavy atom. The highest BCUT2D eigenvalue weighted by molar-refractivity contribution is 9.12. The Morgan fingerprint density at radius 3 is 2.92 bits per heavy atom. The summed E-state index contributed by atoms with van der Waals surface area (Å²) < 4.78 is 1.01. The van der Waals surface area contributed by atoms with Gasteiger partial charge in [0.05, 0.1) is 0 Å². The molecular formula is C10H12BrCl. The van der Waals surface area contributed by atoms with Crippen LogP contribution >= 0.6 is 27.5 Å². The quantitative estimate of drug-likeness (QED) is 0.596. The summed E-state index contributed by atoms with van der Waals surface area (Å²) in [4.78, 5) is 0. The van der Waals surface area contributed by atoms with E-state index in [0.29, 0.717) is 5.92 Å². The molecule has 0 radical (unpaired) electrons. The summed E-state index contributed by atoms with van der Waals surface area (Å²) in [6.45, 7) is 4.19. The molecule has 0 aromatic heterocycles. The van der Waals surface area contributed by atoms with Crippen molar-refractivity contribution in [3.05, 3.63) is 33.3 Å². The number of allylic oxidation sites excluding steroid dienone is 6. The smallest absolute Gasteiger partial charge is 0.0354 e. The lowest BCUT2D eigenvalue weighted by molar-refractivity contribution is 0.727. The molecule has 0 N–H and O–H groups in total. The van der Waals surface area contributed by atoms with E-state index in [1.165, 1.54) is 5.57 Å². The van der Waals surface area contributed by atoms with Gasteiger partial charge in [0.1, 0.15) is 0 Å². The van der Waals surface area contributed by atoms with E-state index in [9.17, 15) is 0 Å². The summed E-state index contributed by atoms with van der Waals surface area (Å²) in [6.07, 6.45) is 7.35. The van der Waals surface area contributed by atoms with Gasteiger partial charge < -0.3 is 0 Å². The van der Waals surface area contributed by atoms with E-state index < -0.39 is 0 Å². The Kier molecular flexibility index (Phi) is 3.60. The molecule has 0 aliphatic heterocycles. The van der Waals surface area contributed by atoms with Crippen molar-refractivity contribution in [2.75, 3.05) is 0 Å². The molecule has 0 spiro atoms. The first-order chi connectivity index (χ1) is 5.61. The maximum Gasteiger partial charge on any atom is 0.0354 e. The number of halogens is 2. The summed E-state index contributed by atoms with van der Waals surface area (Å²) in [5.41, 5.74) is 1.23. The van der Waals surface area contributed by atoms with E-state index in [1.54, 1.807) is 0 Å². The summed E-state index contributed by atoms with van der Waals surface area (Å²) >= 11 is 9.57. The van der Waals surface area contributed by atoms with Crippen molar-refractivity contribution in [1.29, 1.82) is 0 Å². The topological polar surface area (TPSA) is 0 Å². The first kappa shape index (κ1) is 10.1. The molecule has 0 amide bonds. The average Bonchev–Trinajstić information content (AvgIpc) is 2.01. The van der Waals surface area contributed by atoms with Crippen LogP contribution in [0.5, 0.6) is 0 Å². The Morgan fingerprint density at radius 2 is 2.25 bits per heavy atom. The van der Waals surface area contributed by atoms with Crippen molar-refractivity contribution >= 4 is 27.5 Å². The second-order valence-electron chi connectivity index (χ2n) is 3.12. The van der Waals surface area contributed by atoms with Gasteiger partial charge in [-0.05, 0) is 41.3 Å². The largest absolute Gasteiger partial charge is 0.0876 e. The molecule has 2 heteroatoms. The fourth-order valence-corrected chi connectivity index (χ4v) is 2.01. The van der Waals surface area contributed by atoms with Gasteiger partial charge in [0, 0.05) is 9.51 Å². The monoisotopic (exact) mass is 246 g/mol. The van der Waals surface area contributed by atoms with Crippen LogP contribution < -0.4 is 0 Å². The Labute approximate surface area is 87.1 Å². The molecule has 0 saturated heterocycles. The SMILES string of the molecule is CC1=C/C(Br)=C(/Cl)C(C)CC=C1. The molecule has 0 aromatic carbocycles. The minimum atomic E-state index is 0.418. The van der Waals surface area contributed by atoms with Gasteiger partial charge in [-0.15, -0.1) is 0 Å². The van der Waals surface area contributed by atoms with Crippen LogP contribution in [0.2, 0.25) is 0 Å². The number of hydrogen-bond acceptors (Lipinski definition) is 0. The third-order valence-electron chi connectivity index (χ3n) is 1.89. The van der Waals surface area contributed by atoms with Gasteiger partial charge in [-0.3, -0.25) is 0 Å². The molecule has 0 bridgehead atoms. The second-order valence-corrected chi connectivity index (χ2v) is 4.38. The maximum absolute atomic E-state index is 6.11. The van der Waals surface area contributed by atoms with Gasteiger partial charge in [0.15, 0.2) is 0 Å². The predicted molar refractivity (Wildman–Crippen MR) is 58.5 cm³/mol. The molecule has 0 nitrogen and oxygen atoms in total. The molecule has 0 fully saturated rings. The molecule has 0 heterocycles. The van der Waals surface area contributed by atoms with Crippen LogP contribution in [-0.2, 0) is 0 Å². The average molecular weight is 248 g/mol. The highest BCUT2D eigenvalue weighted by atomic mass is 79.9. The van der Waals surface area contributed by atoms with Crippen molar-refractivity contribution in [1.82, 2.24) is 0 Å². The fraction of sp³-hybridized carbons (Fsp3) is 0.400. The van der Waals surface area contributed by atoms with Crippen molar-refractivity contribution in [2.45, 2.75) is 20.3 Å². The van der Waals surface area contributed by atoms with Crippen molar-refractivity contribution in [3.8, 4) is 0 Å². The maximum atomic E-state index is 6.11. The van der Waals surface area contributed by atoms with Gasteiger partial charge in [-0.25, -0.2) is 0 Å². The van der Waals surface area contributed by atoms with Gasteiger partial charge in [0.25, 0.3) is 0 Å². The molecular weight excluding hydrogens is 235 g/mol. The minimum absolute atomic E-state index is 0.418. The first-order valence-corrected chi connectivity index (χ1v) is 5.18. The molecule has 1 aliphatic rings. The second kappa shape index (κ2) is 4.29. The van der Waals surface area contributed by atoms with E-state index in [0.717, 1.165) is 15.9 Å². The Hall–Kier alpha value is -0.0100. The van der Waals surface area contributed by atoms with E-state index in [-0.39, 0.29) is 0 Å². The van der Waals surface area contributed by atoms with Crippen molar-refractivity contribution < 1.29 is 0 Å². The summed E-state index contributed by atoms with van der Waals surface area (Å²) in [6, 6.07) is 0. The van der Waals surface area contributed by atoms with E-state index in [2.05, 4.69) is 48.0 Å². The third kappa shape index (κ3) is 2.49. The molecule has 1 aliphatic carbocycles. The highest BCUT2D eigenvalue weighted by Crippen LogP contribution is 2.29. The first-order valence-electron chi connectivity index (χ1n) is 4.01. The van der Waals surface area contributed by atoms with Gasteiger partial charge in [0.2, 0.25) is 0 Å². The fourth-order valence-electron chi connectivity index (χ4n) is 1.11. The Bertz CT molecular complexity index is 261. The van der Waals surface area contributed by atoms with Crippen molar-refractivity contribution in [2.24, 2.45) is 5.92 Å². The molecule has 1 rings (SSSR count). The normalized spacial score (nSPS) is 31.0. The lowest BCUT2D eigenvalue weighted by Crippen LogP contribution is -1.95. The van der Waals surface area contributed by atoms with Crippen LogP contribution in [0.3, 0.4) is 0 Å². The van der Waals surface area contributed by atoms with Crippen LogP contribution in [0.1, 0.15) is 20.3 Å². The molecule has 0 aromatic rings. The molecule has 66 valence electrons. The van der Waals surface area contributed by atoms with Crippen LogP contribution in [0.15, 0.2) is 33.3 Å². The summed E-state index contributed by atoms with van der Waals surface area (Å²) in [5, 5.41) is 0.915. The third-order valence-corrected chi connectivity index (χ3v) is 3.35. The highest BCUT2D eigenvalue weighted by Gasteiger charge is 2.09. The molecule has 1 unspecified atom stereocenters. The number of hydrogen-bond donors (Lipinski definition) is 0. The van der Waals surface area contributed by atoms with Crippen LogP contribution in [-0.4, -0.2) is 0 Å². The van der Waals surface area contributed by atoms with E-state index >= 15 is 0 Å². The summed E-state index contributed by atoms with van der Waals surface area (Å²) in [5.74, 6) is 0.418. The van der Waals surface area contributed by atoms with Gasteiger partial charge >= 0.3 is 0 Å². The van der Waals surface area contributed by atoms with Crippen molar-refractivity contribution in [3.63, 3.8) is 0 Å². The molecule has 1 atom stereocenters. The van der Waals surface area contributed by atoms with Crippen LogP contribution in [0, 0.1) is 5.92 Å². The predicted octanol–water partition coefficient (Wildman–Crippen LogP) is 4.37. The lowest BCUT2D eigenvalue weighted by atomic mass is 10.0. The Balaban J connectivity index is 3.02. The number of rotatable bonds is 0. The van der Waals surface area contributed by atoms with Crippen LogP contribution in [0.25, 0.3) is 0 Å². The van der Waals surface area contributed by atoms with Gasteiger partial charge in [-0.1, -0.05) is 36.2 Å². The van der Waals surface area contributed by atoms with Gasteiger partial charge in [-0.2, -0.15) is 0 Å². The molecule has 12 heavy (non-hydrogen) atoms. The van der Waals surface area contributed by atoms with E-state index in [1.807, 2.05) is 0 Å². The minimum Gasteiger partial charge on any atom is -0.0876 e. The van der Waals surface area contributed by atoms with Crippen LogP contribution in [0.4, 0.5) is 0 Å². The zero-order valence-electron chi connectivity index (χ0n) is 7.27. The van der Waals surface area contributed by atoms with E-state index in [4.69, 9.17) is 11.6 Å². The zero-order chi connectivity index (χ0) is 9.14.